The highest BCUT2D eigenvalue weighted by Gasteiger charge is 2.30. The van der Waals surface area contributed by atoms with Crippen LogP contribution in [0.3, 0.4) is 0 Å². The molecule has 2 N–H and O–H groups in total. The normalized spacial score (nSPS) is 11.8. The van der Waals surface area contributed by atoms with Crippen LogP contribution in [0.5, 0.6) is 0 Å². The molecule has 0 aliphatic carbocycles. The zero-order chi connectivity index (χ0) is 19.2. The van der Waals surface area contributed by atoms with Crippen LogP contribution in [0.25, 0.3) is 0 Å². The molecule has 0 saturated heterocycles. The van der Waals surface area contributed by atoms with E-state index in [1.54, 1.807) is 18.2 Å². The van der Waals surface area contributed by atoms with Gasteiger partial charge in [0.05, 0.1) is 16.2 Å². The summed E-state index contributed by atoms with van der Waals surface area (Å²) in [6, 6.07) is 11.7. The third-order valence-electron chi connectivity index (χ3n) is 3.47. The van der Waals surface area contributed by atoms with E-state index in [1.165, 1.54) is 24.3 Å². The summed E-state index contributed by atoms with van der Waals surface area (Å²) < 4.78 is 62.0. The van der Waals surface area contributed by atoms with Gasteiger partial charge in [0, 0.05) is 13.1 Å². The molecule has 140 valence electrons. The largest absolute Gasteiger partial charge is 0.416 e. The van der Waals surface area contributed by atoms with Crippen molar-refractivity contribution in [3.05, 3.63) is 65.7 Å². The molecule has 0 heterocycles. The fraction of sp³-hybridized carbons (Fsp3) is 0.235. The van der Waals surface area contributed by atoms with Crippen molar-refractivity contribution < 1.29 is 26.4 Å². The Morgan fingerprint density at radius 2 is 1.65 bits per heavy atom. The van der Waals surface area contributed by atoms with Crippen molar-refractivity contribution in [2.24, 2.45) is 0 Å². The van der Waals surface area contributed by atoms with E-state index in [-0.39, 0.29) is 29.3 Å². The first-order valence-corrected chi connectivity index (χ1v) is 9.29. The molecular formula is C17H17F3N2O3S. The highest BCUT2D eigenvalue weighted by molar-refractivity contribution is 7.91. The molecule has 0 radical (unpaired) electrons. The van der Waals surface area contributed by atoms with Crippen LogP contribution in [0, 0.1) is 0 Å². The van der Waals surface area contributed by atoms with Crippen molar-refractivity contribution in [2.45, 2.75) is 17.6 Å². The van der Waals surface area contributed by atoms with Gasteiger partial charge in [-0.15, -0.1) is 0 Å². The number of nitrogens with one attached hydrogen (secondary N) is 2. The van der Waals surface area contributed by atoms with Crippen molar-refractivity contribution >= 4 is 15.9 Å². The average molecular weight is 386 g/mol. The first-order valence-electron chi connectivity index (χ1n) is 7.64. The number of alkyl halides is 3. The first kappa shape index (κ1) is 19.8. The fourth-order valence-corrected chi connectivity index (χ4v) is 3.33. The van der Waals surface area contributed by atoms with Gasteiger partial charge in [-0.3, -0.25) is 0 Å². The molecule has 9 heteroatoms. The highest BCUT2D eigenvalue weighted by atomic mass is 32.2. The number of benzene rings is 2. The van der Waals surface area contributed by atoms with E-state index in [9.17, 15) is 26.4 Å². The van der Waals surface area contributed by atoms with E-state index < -0.39 is 27.6 Å². The van der Waals surface area contributed by atoms with Gasteiger partial charge < -0.3 is 10.6 Å². The molecule has 0 unspecified atom stereocenters. The number of sulfone groups is 1. The van der Waals surface area contributed by atoms with Crippen molar-refractivity contribution in [3.63, 3.8) is 0 Å². The summed E-state index contributed by atoms with van der Waals surface area (Å²) in [6.07, 6.45) is -4.45. The van der Waals surface area contributed by atoms with Gasteiger partial charge in [0.15, 0.2) is 9.84 Å². The van der Waals surface area contributed by atoms with E-state index in [4.69, 9.17) is 0 Å². The van der Waals surface area contributed by atoms with Gasteiger partial charge in [0.1, 0.15) is 0 Å². The molecule has 2 rings (SSSR count). The fourth-order valence-electron chi connectivity index (χ4n) is 2.15. The zero-order valence-corrected chi connectivity index (χ0v) is 14.4. The Morgan fingerprint density at radius 1 is 0.962 bits per heavy atom. The molecule has 2 aromatic rings. The Labute approximate surface area is 149 Å². The van der Waals surface area contributed by atoms with Gasteiger partial charge >= 0.3 is 12.2 Å². The smallest absolute Gasteiger partial charge is 0.337 e. The summed E-state index contributed by atoms with van der Waals surface area (Å²) in [5.74, 6) is -0.284. The SMILES string of the molecule is O=C(NCCS(=O)(=O)c1ccccc1)NCc1cccc(C(F)(F)F)c1. The Hall–Kier alpha value is -2.55. The van der Waals surface area contributed by atoms with Crippen LogP contribution in [0.2, 0.25) is 0 Å². The number of halogens is 3. The zero-order valence-electron chi connectivity index (χ0n) is 13.6. The number of carbonyl (C=O) groups excluding carboxylic acids is 1. The predicted molar refractivity (Wildman–Crippen MR) is 90.2 cm³/mol. The van der Waals surface area contributed by atoms with Crippen molar-refractivity contribution in [1.82, 2.24) is 10.6 Å². The van der Waals surface area contributed by atoms with Gasteiger partial charge in [-0.05, 0) is 29.8 Å². The molecule has 2 amide bonds. The van der Waals surface area contributed by atoms with Gasteiger partial charge in [-0.25, -0.2) is 13.2 Å². The van der Waals surface area contributed by atoms with E-state index in [2.05, 4.69) is 10.6 Å². The minimum Gasteiger partial charge on any atom is -0.337 e. The number of amides is 2. The summed E-state index contributed by atoms with van der Waals surface area (Å²) in [5, 5.41) is 4.76. The Balaban J connectivity index is 1.81. The summed E-state index contributed by atoms with van der Waals surface area (Å²) >= 11 is 0. The number of hydrogen-bond acceptors (Lipinski definition) is 3. The Bertz CT molecular complexity index is 853. The lowest BCUT2D eigenvalue weighted by atomic mass is 10.1. The maximum absolute atomic E-state index is 12.6. The Morgan fingerprint density at radius 3 is 2.31 bits per heavy atom. The second-order valence-electron chi connectivity index (χ2n) is 5.44. The summed E-state index contributed by atoms with van der Waals surface area (Å²) in [7, 11) is -3.51. The number of urea groups is 1. The molecule has 0 aliphatic rings. The molecule has 5 nitrogen and oxygen atoms in total. The van der Waals surface area contributed by atoms with Crippen LogP contribution in [-0.2, 0) is 22.6 Å². The van der Waals surface area contributed by atoms with Crippen molar-refractivity contribution in [1.29, 1.82) is 0 Å². The molecular weight excluding hydrogens is 369 g/mol. The van der Waals surface area contributed by atoms with Gasteiger partial charge in [0.25, 0.3) is 0 Å². The molecule has 0 bridgehead atoms. The molecule has 0 fully saturated rings. The van der Waals surface area contributed by atoms with E-state index in [0.717, 1.165) is 12.1 Å². The topological polar surface area (TPSA) is 75.3 Å². The lowest BCUT2D eigenvalue weighted by molar-refractivity contribution is -0.137. The second kappa shape index (κ2) is 8.22. The maximum atomic E-state index is 12.6. The molecule has 0 saturated carbocycles. The number of hydrogen-bond donors (Lipinski definition) is 2. The third-order valence-corrected chi connectivity index (χ3v) is 5.20. The lowest BCUT2D eigenvalue weighted by Gasteiger charge is -2.10. The quantitative estimate of drug-likeness (QED) is 0.802. The molecule has 2 aromatic carbocycles. The van der Waals surface area contributed by atoms with Crippen LogP contribution in [0.1, 0.15) is 11.1 Å². The monoisotopic (exact) mass is 386 g/mol. The standard InChI is InChI=1S/C17H17F3N2O3S/c18-17(19,20)14-6-4-5-13(11-14)12-22-16(23)21-9-10-26(24,25)15-7-2-1-3-8-15/h1-8,11H,9-10,12H2,(H2,21,22,23). The molecule has 26 heavy (non-hydrogen) atoms. The van der Waals surface area contributed by atoms with Gasteiger partial charge in [0.2, 0.25) is 0 Å². The van der Waals surface area contributed by atoms with Gasteiger partial charge in [-0.1, -0.05) is 30.3 Å². The predicted octanol–water partition coefficient (Wildman–Crippen LogP) is 2.98. The lowest BCUT2D eigenvalue weighted by Crippen LogP contribution is -2.37. The maximum Gasteiger partial charge on any atom is 0.416 e. The molecule has 0 spiro atoms. The van der Waals surface area contributed by atoms with Crippen LogP contribution in [0.15, 0.2) is 59.5 Å². The summed E-state index contributed by atoms with van der Waals surface area (Å²) in [6.45, 7) is -0.229. The number of rotatable bonds is 6. The highest BCUT2D eigenvalue weighted by Crippen LogP contribution is 2.29. The average Bonchev–Trinajstić information content (AvgIpc) is 2.60. The van der Waals surface area contributed by atoms with Crippen LogP contribution < -0.4 is 10.6 Å². The third kappa shape index (κ3) is 5.76. The molecule has 0 atom stereocenters. The van der Waals surface area contributed by atoms with Gasteiger partial charge in [-0.2, -0.15) is 13.2 Å². The van der Waals surface area contributed by atoms with E-state index in [0.29, 0.717) is 0 Å². The van der Waals surface area contributed by atoms with E-state index >= 15 is 0 Å². The number of carbonyl (C=O) groups is 1. The van der Waals surface area contributed by atoms with Crippen LogP contribution in [0.4, 0.5) is 18.0 Å². The first-order chi connectivity index (χ1) is 12.2. The summed E-state index contributed by atoms with van der Waals surface area (Å²) in [4.78, 5) is 11.8. The summed E-state index contributed by atoms with van der Waals surface area (Å²) in [5.41, 5.74) is -0.516. The van der Waals surface area contributed by atoms with Crippen molar-refractivity contribution in [2.75, 3.05) is 12.3 Å². The van der Waals surface area contributed by atoms with Crippen molar-refractivity contribution in [3.8, 4) is 0 Å². The molecule has 0 aromatic heterocycles. The second-order valence-corrected chi connectivity index (χ2v) is 7.55. The van der Waals surface area contributed by atoms with E-state index in [1.807, 2.05) is 0 Å². The Kier molecular flexibility index (Phi) is 6.25. The van der Waals surface area contributed by atoms with Crippen LogP contribution in [-0.4, -0.2) is 26.7 Å². The minimum absolute atomic E-state index is 0.110. The van der Waals surface area contributed by atoms with Crippen LogP contribution >= 0.6 is 0 Å². The molecule has 0 aliphatic heterocycles. The minimum atomic E-state index is -4.45.